The standard InChI is InChI=1S/C20H32N2O2/c1-20(2)13-17-12-16(7-8-19(17)24-20)14-21-9-3-4-10-22-11-5-6-18(22)15-23/h7-8,12,18,21,23H,3-6,9-11,13-15H2,1-2H3. The smallest absolute Gasteiger partial charge is 0.123 e. The van der Waals surface area contributed by atoms with E-state index in [1.807, 2.05) is 0 Å². The van der Waals surface area contributed by atoms with E-state index in [1.165, 1.54) is 30.4 Å². The van der Waals surface area contributed by atoms with Crippen molar-refractivity contribution in [3.63, 3.8) is 0 Å². The number of ether oxygens (including phenoxy) is 1. The second-order valence-electron chi connectivity index (χ2n) is 7.88. The topological polar surface area (TPSA) is 44.7 Å². The lowest BCUT2D eigenvalue weighted by Crippen LogP contribution is -2.33. The van der Waals surface area contributed by atoms with Crippen LogP contribution in [0.3, 0.4) is 0 Å². The van der Waals surface area contributed by atoms with Crippen LogP contribution in [0.5, 0.6) is 5.75 Å². The van der Waals surface area contributed by atoms with Crippen LogP contribution in [-0.2, 0) is 13.0 Å². The van der Waals surface area contributed by atoms with Gasteiger partial charge in [0.1, 0.15) is 11.4 Å². The van der Waals surface area contributed by atoms with Gasteiger partial charge in [-0.05, 0) is 76.4 Å². The summed E-state index contributed by atoms with van der Waals surface area (Å²) in [5, 5.41) is 12.9. The normalized spacial score (nSPS) is 22.5. The highest BCUT2D eigenvalue weighted by atomic mass is 16.5. The van der Waals surface area contributed by atoms with E-state index in [0.717, 1.165) is 44.8 Å². The highest BCUT2D eigenvalue weighted by Gasteiger charge is 2.29. The first kappa shape index (κ1) is 17.7. The minimum Gasteiger partial charge on any atom is -0.487 e. The average molecular weight is 332 g/mol. The van der Waals surface area contributed by atoms with Crippen molar-refractivity contribution >= 4 is 0 Å². The molecule has 4 nitrogen and oxygen atoms in total. The van der Waals surface area contributed by atoms with Gasteiger partial charge in [-0.1, -0.05) is 12.1 Å². The van der Waals surface area contributed by atoms with E-state index in [4.69, 9.17) is 4.74 Å². The van der Waals surface area contributed by atoms with Crippen molar-refractivity contribution in [1.29, 1.82) is 0 Å². The molecule has 1 unspecified atom stereocenters. The molecule has 2 N–H and O–H groups in total. The van der Waals surface area contributed by atoms with Crippen LogP contribution in [0.15, 0.2) is 18.2 Å². The molecule has 1 atom stereocenters. The molecule has 2 heterocycles. The van der Waals surface area contributed by atoms with Crippen molar-refractivity contribution in [1.82, 2.24) is 10.2 Å². The van der Waals surface area contributed by atoms with E-state index in [1.54, 1.807) is 0 Å². The molecule has 1 saturated heterocycles. The zero-order valence-corrected chi connectivity index (χ0v) is 15.2. The number of nitrogens with zero attached hydrogens (tertiary/aromatic N) is 1. The maximum Gasteiger partial charge on any atom is 0.123 e. The molecule has 1 aromatic rings. The summed E-state index contributed by atoms with van der Waals surface area (Å²) in [6, 6.07) is 6.98. The fourth-order valence-corrected chi connectivity index (χ4v) is 3.97. The largest absolute Gasteiger partial charge is 0.487 e. The van der Waals surface area contributed by atoms with Crippen molar-refractivity contribution in [2.24, 2.45) is 0 Å². The molecule has 0 radical (unpaired) electrons. The zero-order chi connectivity index (χ0) is 17.0. The number of likely N-dealkylation sites (tertiary alicyclic amines) is 1. The van der Waals surface area contributed by atoms with Gasteiger partial charge in [0.15, 0.2) is 0 Å². The summed E-state index contributed by atoms with van der Waals surface area (Å²) < 4.78 is 5.93. The van der Waals surface area contributed by atoms with Crippen LogP contribution < -0.4 is 10.1 Å². The van der Waals surface area contributed by atoms with Gasteiger partial charge in [-0.2, -0.15) is 0 Å². The van der Waals surface area contributed by atoms with Crippen molar-refractivity contribution in [3.05, 3.63) is 29.3 Å². The minimum absolute atomic E-state index is 0.0591. The Morgan fingerprint density at radius 3 is 3.04 bits per heavy atom. The van der Waals surface area contributed by atoms with Gasteiger partial charge in [0, 0.05) is 19.0 Å². The Hall–Kier alpha value is -1.10. The summed E-state index contributed by atoms with van der Waals surface area (Å²) in [6.45, 7) is 8.87. The molecular weight excluding hydrogens is 300 g/mol. The first-order chi connectivity index (χ1) is 11.6. The zero-order valence-electron chi connectivity index (χ0n) is 15.2. The highest BCUT2D eigenvalue weighted by molar-refractivity contribution is 5.41. The van der Waals surface area contributed by atoms with Crippen LogP contribution in [0.2, 0.25) is 0 Å². The molecular formula is C20H32N2O2. The number of hydrogen-bond acceptors (Lipinski definition) is 4. The minimum atomic E-state index is -0.0591. The monoisotopic (exact) mass is 332 g/mol. The van der Waals surface area contributed by atoms with Gasteiger partial charge in [-0.3, -0.25) is 4.90 Å². The third-order valence-corrected chi connectivity index (χ3v) is 5.22. The summed E-state index contributed by atoms with van der Waals surface area (Å²) in [5.41, 5.74) is 2.62. The van der Waals surface area contributed by atoms with Gasteiger partial charge in [-0.15, -0.1) is 0 Å². The number of unbranched alkanes of at least 4 members (excludes halogenated alkanes) is 1. The van der Waals surface area contributed by atoms with Crippen LogP contribution in [-0.4, -0.2) is 47.9 Å². The highest BCUT2D eigenvalue weighted by Crippen LogP contribution is 2.35. The number of fused-ring (bicyclic) bond motifs is 1. The second kappa shape index (κ2) is 7.85. The predicted octanol–water partition coefficient (Wildman–Crippen LogP) is 2.73. The first-order valence-corrected chi connectivity index (χ1v) is 9.44. The van der Waals surface area contributed by atoms with Gasteiger partial charge in [0.2, 0.25) is 0 Å². The first-order valence-electron chi connectivity index (χ1n) is 9.44. The Kier molecular flexibility index (Phi) is 5.80. The third kappa shape index (κ3) is 4.50. The van der Waals surface area contributed by atoms with Crippen molar-refractivity contribution < 1.29 is 9.84 Å². The lowest BCUT2D eigenvalue weighted by Gasteiger charge is -2.22. The average Bonchev–Trinajstić information content (AvgIpc) is 3.11. The molecule has 2 aliphatic heterocycles. The van der Waals surface area contributed by atoms with Gasteiger partial charge in [0.05, 0.1) is 6.61 Å². The Labute approximate surface area is 146 Å². The van der Waals surface area contributed by atoms with Crippen LogP contribution in [0.1, 0.15) is 50.7 Å². The Morgan fingerprint density at radius 2 is 2.21 bits per heavy atom. The number of nitrogens with one attached hydrogen (secondary N) is 1. The molecule has 24 heavy (non-hydrogen) atoms. The molecule has 4 heteroatoms. The van der Waals surface area contributed by atoms with Gasteiger partial charge in [-0.25, -0.2) is 0 Å². The molecule has 0 amide bonds. The molecule has 0 aliphatic carbocycles. The van der Waals surface area contributed by atoms with E-state index in [9.17, 15) is 5.11 Å². The van der Waals surface area contributed by atoms with E-state index >= 15 is 0 Å². The van der Waals surface area contributed by atoms with E-state index in [2.05, 4.69) is 42.3 Å². The fourth-order valence-electron chi connectivity index (χ4n) is 3.97. The molecule has 1 fully saturated rings. The maximum absolute atomic E-state index is 9.34. The quantitative estimate of drug-likeness (QED) is 0.719. The number of benzene rings is 1. The summed E-state index contributed by atoms with van der Waals surface area (Å²) in [7, 11) is 0. The van der Waals surface area contributed by atoms with Crippen LogP contribution in [0.4, 0.5) is 0 Å². The van der Waals surface area contributed by atoms with E-state index in [-0.39, 0.29) is 5.60 Å². The lowest BCUT2D eigenvalue weighted by molar-refractivity contribution is 0.138. The van der Waals surface area contributed by atoms with Crippen LogP contribution in [0, 0.1) is 0 Å². The van der Waals surface area contributed by atoms with Gasteiger partial charge >= 0.3 is 0 Å². The Balaban J connectivity index is 1.33. The molecule has 2 aliphatic rings. The summed E-state index contributed by atoms with van der Waals surface area (Å²) in [4.78, 5) is 2.45. The molecule has 134 valence electrons. The van der Waals surface area contributed by atoms with Crippen molar-refractivity contribution in [2.45, 2.75) is 64.1 Å². The molecule has 0 bridgehead atoms. The number of aliphatic hydroxyl groups is 1. The second-order valence-corrected chi connectivity index (χ2v) is 7.88. The van der Waals surface area contributed by atoms with E-state index in [0.29, 0.717) is 12.6 Å². The van der Waals surface area contributed by atoms with E-state index < -0.39 is 0 Å². The molecule has 0 saturated carbocycles. The van der Waals surface area contributed by atoms with Crippen LogP contribution in [0.25, 0.3) is 0 Å². The fraction of sp³-hybridized carbons (Fsp3) is 0.700. The number of aliphatic hydroxyl groups excluding tert-OH is 1. The molecule has 1 aromatic carbocycles. The van der Waals surface area contributed by atoms with Crippen molar-refractivity contribution in [2.75, 3.05) is 26.2 Å². The van der Waals surface area contributed by atoms with Crippen molar-refractivity contribution in [3.8, 4) is 5.75 Å². The number of hydrogen-bond donors (Lipinski definition) is 2. The van der Waals surface area contributed by atoms with Crippen LogP contribution >= 0.6 is 0 Å². The molecule has 0 spiro atoms. The Morgan fingerprint density at radius 1 is 1.33 bits per heavy atom. The molecule has 3 rings (SSSR count). The molecule has 0 aromatic heterocycles. The lowest BCUT2D eigenvalue weighted by atomic mass is 10.0. The number of rotatable bonds is 8. The SMILES string of the molecule is CC1(C)Cc2cc(CNCCCCN3CCCC3CO)ccc2O1. The van der Waals surface area contributed by atoms with Gasteiger partial charge in [0.25, 0.3) is 0 Å². The summed E-state index contributed by atoms with van der Waals surface area (Å²) >= 11 is 0. The maximum atomic E-state index is 9.34. The summed E-state index contributed by atoms with van der Waals surface area (Å²) in [6.07, 6.45) is 5.79. The Bertz CT molecular complexity index is 544. The summed E-state index contributed by atoms with van der Waals surface area (Å²) in [5.74, 6) is 1.05. The predicted molar refractivity (Wildman–Crippen MR) is 97.5 cm³/mol. The van der Waals surface area contributed by atoms with Gasteiger partial charge < -0.3 is 15.2 Å². The third-order valence-electron chi connectivity index (χ3n) is 5.22.